The summed E-state index contributed by atoms with van der Waals surface area (Å²) in [6.07, 6.45) is -4.46. The quantitative estimate of drug-likeness (QED) is 0.830. The Kier molecular flexibility index (Phi) is 4.09. The zero-order valence-corrected chi connectivity index (χ0v) is 12.0. The summed E-state index contributed by atoms with van der Waals surface area (Å²) in [6.45, 7) is 0.162. The van der Waals surface area contributed by atoms with Crippen LogP contribution in [0.15, 0.2) is 0 Å². The van der Waals surface area contributed by atoms with Crippen LogP contribution in [0.2, 0.25) is 0 Å². The molecule has 0 bridgehead atoms. The number of aliphatic carboxylic acids is 1. The van der Waals surface area contributed by atoms with Crippen LogP contribution in [0.1, 0.15) is 19.8 Å². The van der Waals surface area contributed by atoms with Crippen molar-refractivity contribution in [2.45, 2.75) is 25.9 Å². The van der Waals surface area contributed by atoms with Crippen LogP contribution in [-0.2, 0) is 14.4 Å². The normalized spacial score (nSPS) is 29.3. The molecule has 2 aliphatic heterocycles. The number of carbonyl (C=O) groups excluding carboxylic acids is 2. The lowest BCUT2D eigenvalue weighted by molar-refractivity contribution is -0.157. The molecule has 2 fully saturated rings. The van der Waals surface area contributed by atoms with E-state index in [0.29, 0.717) is 11.3 Å². The van der Waals surface area contributed by atoms with Crippen LogP contribution in [0.4, 0.5) is 13.2 Å². The van der Waals surface area contributed by atoms with Gasteiger partial charge in [-0.2, -0.15) is 13.2 Å². The lowest BCUT2D eigenvalue weighted by Gasteiger charge is -2.23. The highest BCUT2D eigenvalue weighted by Gasteiger charge is 2.46. The minimum Gasteiger partial charge on any atom is -0.481 e. The van der Waals surface area contributed by atoms with Crippen molar-refractivity contribution in [2.24, 2.45) is 11.3 Å². The maximum Gasteiger partial charge on any atom is 0.406 e. The molecule has 0 radical (unpaired) electrons. The fourth-order valence-electron chi connectivity index (χ4n) is 2.89. The van der Waals surface area contributed by atoms with Gasteiger partial charge in [0.25, 0.3) is 0 Å². The predicted octanol–water partition coefficient (Wildman–Crippen LogP) is 0.720. The number of likely N-dealkylation sites (tertiary alicyclic amines) is 2. The smallest absolute Gasteiger partial charge is 0.406 e. The van der Waals surface area contributed by atoms with Gasteiger partial charge in [-0.3, -0.25) is 14.4 Å². The maximum atomic E-state index is 12.3. The Morgan fingerprint density at radius 1 is 1.41 bits per heavy atom. The summed E-state index contributed by atoms with van der Waals surface area (Å²) in [6, 6.07) is 0. The monoisotopic (exact) mass is 322 g/mol. The Morgan fingerprint density at radius 2 is 2.05 bits per heavy atom. The second-order valence-electron chi connectivity index (χ2n) is 6.17. The van der Waals surface area contributed by atoms with E-state index in [9.17, 15) is 27.6 Å². The van der Waals surface area contributed by atoms with Gasteiger partial charge < -0.3 is 14.9 Å². The molecule has 0 aliphatic carbocycles. The SMILES string of the molecule is C[C@@]1(C(=O)O)CCN(C(=O)[C@@H]2CC(=O)N(CC(F)(F)F)C2)C1. The summed E-state index contributed by atoms with van der Waals surface area (Å²) in [7, 11) is 0. The molecule has 0 aromatic rings. The van der Waals surface area contributed by atoms with Crippen molar-refractivity contribution in [1.82, 2.24) is 9.80 Å². The second kappa shape index (κ2) is 5.44. The highest BCUT2D eigenvalue weighted by Crippen LogP contribution is 2.32. The van der Waals surface area contributed by atoms with Crippen molar-refractivity contribution in [2.75, 3.05) is 26.2 Å². The van der Waals surface area contributed by atoms with Crippen LogP contribution < -0.4 is 0 Å². The third kappa shape index (κ3) is 3.33. The van der Waals surface area contributed by atoms with E-state index in [2.05, 4.69) is 0 Å². The zero-order chi connectivity index (χ0) is 16.7. The highest BCUT2D eigenvalue weighted by molar-refractivity contribution is 5.90. The predicted molar refractivity (Wildman–Crippen MR) is 67.7 cm³/mol. The van der Waals surface area contributed by atoms with E-state index in [1.807, 2.05) is 0 Å². The first-order valence-corrected chi connectivity index (χ1v) is 6.88. The third-order valence-corrected chi connectivity index (χ3v) is 4.24. The molecule has 2 rings (SSSR count). The van der Waals surface area contributed by atoms with E-state index in [0.717, 1.165) is 0 Å². The molecule has 9 heteroatoms. The Hall–Kier alpha value is -1.80. The average molecular weight is 322 g/mol. The molecule has 2 heterocycles. The van der Waals surface area contributed by atoms with Gasteiger partial charge in [0.1, 0.15) is 6.54 Å². The molecular weight excluding hydrogens is 305 g/mol. The van der Waals surface area contributed by atoms with Gasteiger partial charge in [0, 0.05) is 26.1 Å². The van der Waals surface area contributed by atoms with Crippen molar-refractivity contribution in [3.8, 4) is 0 Å². The number of carboxylic acids is 1. The molecule has 0 spiro atoms. The molecule has 6 nitrogen and oxygen atoms in total. The number of carboxylic acid groups (broad SMARTS) is 1. The summed E-state index contributed by atoms with van der Waals surface area (Å²) in [4.78, 5) is 37.0. The first kappa shape index (κ1) is 16.6. The zero-order valence-electron chi connectivity index (χ0n) is 12.0. The van der Waals surface area contributed by atoms with Crippen molar-refractivity contribution in [1.29, 1.82) is 0 Å². The first-order valence-electron chi connectivity index (χ1n) is 6.88. The Morgan fingerprint density at radius 3 is 2.55 bits per heavy atom. The largest absolute Gasteiger partial charge is 0.481 e. The van der Waals surface area contributed by atoms with Gasteiger partial charge in [-0.1, -0.05) is 0 Å². The van der Waals surface area contributed by atoms with E-state index in [4.69, 9.17) is 5.11 Å². The maximum absolute atomic E-state index is 12.3. The van der Waals surface area contributed by atoms with Crippen molar-refractivity contribution in [3.05, 3.63) is 0 Å². The number of hydrogen-bond acceptors (Lipinski definition) is 3. The molecule has 1 N–H and O–H groups in total. The lowest BCUT2D eigenvalue weighted by atomic mass is 9.90. The van der Waals surface area contributed by atoms with Gasteiger partial charge >= 0.3 is 12.1 Å². The van der Waals surface area contributed by atoms with Gasteiger partial charge in [0.05, 0.1) is 11.3 Å². The topological polar surface area (TPSA) is 77.9 Å². The van der Waals surface area contributed by atoms with E-state index in [1.165, 1.54) is 11.8 Å². The van der Waals surface area contributed by atoms with Gasteiger partial charge in [-0.25, -0.2) is 0 Å². The molecule has 0 saturated carbocycles. The molecule has 0 aromatic heterocycles. The number of nitrogens with zero attached hydrogens (tertiary/aromatic N) is 2. The van der Waals surface area contributed by atoms with Gasteiger partial charge in [-0.05, 0) is 13.3 Å². The summed E-state index contributed by atoms with van der Waals surface area (Å²) >= 11 is 0. The van der Waals surface area contributed by atoms with Crippen LogP contribution in [0.5, 0.6) is 0 Å². The fourth-order valence-corrected chi connectivity index (χ4v) is 2.89. The summed E-state index contributed by atoms with van der Waals surface area (Å²) in [5.74, 6) is -2.98. The molecule has 2 atom stereocenters. The van der Waals surface area contributed by atoms with Crippen LogP contribution >= 0.6 is 0 Å². The molecule has 2 aliphatic rings. The van der Waals surface area contributed by atoms with Gasteiger partial charge in [0.15, 0.2) is 0 Å². The second-order valence-corrected chi connectivity index (χ2v) is 6.17. The summed E-state index contributed by atoms with van der Waals surface area (Å²) in [5, 5.41) is 9.12. The average Bonchev–Trinajstić information content (AvgIpc) is 2.93. The first-order chi connectivity index (χ1) is 10.0. The van der Waals surface area contributed by atoms with Crippen LogP contribution in [0.25, 0.3) is 0 Å². The number of hydrogen-bond donors (Lipinski definition) is 1. The third-order valence-electron chi connectivity index (χ3n) is 4.24. The number of carbonyl (C=O) groups is 3. The summed E-state index contributed by atoms with van der Waals surface area (Å²) in [5.41, 5.74) is -1.04. The molecule has 0 aromatic carbocycles. The van der Waals surface area contributed by atoms with E-state index >= 15 is 0 Å². The van der Waals surface area contributed by atoms with Crippen LogP contribution in [0.3, 0.4) is 0 Å². The minimum atomic E-state index is -4.50. The fraction of sp³-hybridized carbons (Fsp3) is 0.769. The minimum absolute atomic E-state index is 0.0190. The molecule has 2 amide bonds. The Balaban J connectivity index is 1.98. The summed E-state index contributed by atoms with van der Waals surface area (Å²) < 4.78 is 37.0. The van der Waals surface area contributed by atoms with Gasteiger partial charge in [0.2, 0.25) is 11.8 Å². The Bertz CT molecular complexity index is 508. The van der Waals surface area contributed by atoms with E-state index < -0.39 is 41.8 Å². The number of halogens is 3. The molecule has 0 unspecified atom stereocenters. The Labute approximate surface area is 124 Å². The van der Waals surface area contributed by atoms with Crippen LogP contribution in [0, 0.1) is 11.3 Å². The molecule has 22 heavy (non-hydrogen) atoms. The van der Waals surface area contributed by atoms with Crippen LogP contribution in [-0.4, -0.2) is 65.0 Å². The standard InChI is InChI=1S/C13H17F3N2O4/c1-12(11(21)22)2-3-17(6-12)10(20)8-4-9(19)18(5-8)7-13(14,15)16/h8H,2-7H2,1H3,(H,21,22)/t8-,12-/m1/s1. The lowest BCUT2D eigenvalue weighted by Crippen LogP contribution is -2.40. The molecule has 124 valence electrons. The van der Waals surface area contributed by atoms with Crippen molar-refractivity contribution < 1.29 is 32.7 Å². The van der Waals surface area contributed by atoms with Gasteiger partial charge in [-0.15, -0.1) is 0 Å². The molecular formula is C13H17F3N2O4. The van der Waals surface area contributed by atoms with Crippen molar-refractivity contribution >= 4 is 17.8 Å². The number of amides is 2. The highest BCUT2D eigenvalue weighted by atomic mass is 19.4. The van der Waals surface area contributed by atoms with Crippen molar-refractivity contribution in [3.63, 3.8) is 0 Å². The molecule has 2 saturated heterocycles. The number of rotatable bonds is 3. The number of alkyl halides is 3. The van der Waals surface area contributed by atoms with E-state index in [1.54, 1.807) is 0 Å². The van der Waals surface area contributed by atoms with E-state index in [-0.39, 0.29) is 26.1 Å².